The summed E-state index contributed by atoms with van der Waals surface area (Å²) in [6.45, 7) is 1.80. The zero-order valence-corrected chi connectivity index (χ0v) is 18.9. The summed E-state index contributed by atoms with van der Waals surface area (Å²) < 4.78 is 13.3. The van der Waals surface area contributed by atoms with E-state index in [4.69, 9.17) is 15.2 Å². The van der Waals surface area contributed by atoms with Crippen LogP contribution in [0.5, 0.6) is 5.75 Å². The number of ether oxygens (including phenoxy) is 2. The highest BCUT2D eigenvalue weighted by Gasteiger charge is 2.45. The summed E-state index contributed by atoms with van der Waals surface area (Å²) in [5.74, 6) is 0.424. The SMILES string of the molecule is CCOc1ccc(Br)cc1/C=N/Nc1nc2c(=O)[nH]c(N)nc2n1C1OC(CO)C(O)C1O. The molecule has 1 saturated heterocycles. The molecule has 176 valence electrons. The summed E-state index contributed by atoms with van der Waals surface area (Å²) in [6.07, 6.45) is -3.60. The van der Waals surface area contributed by atoms with Crippen LogP contribution in [0.1, 0.15) is 18.7 Å². The third kappa shape index (κ3) is 4.43. The van der Waals surface area contributed by atoms with E-state index < -0.39 is 36.7 Å². The summed E-state index contributed by atoms with van der Waals surface area (Å²) in [6, 6.07) is 5.42. The number of hydrogen-bond acceptors (Lipinski definition) is 11. The Hall–Kier alpha value is -3.04. The van der Waals surface area contributed by atoms with Gasteiger partial charge >= 0.3 is 0 Å². The molecule has 0 radical (unpaired) electrons. The molecule has 7 N–H and O–H groups in total. The molecule has 0 bridgehead atoms. The van der Waals surface area contributed by atoms with Crippen molar-refractivity contribution < 1.29 is 24.8 Å². The highest BCUT2D eigenvalue weighted by Crippen LogP contribution is 2.34. The highest BCUT2D eigenvalue weighted by atomic mass is 79.9. The second kappa shape index (κ2) is 9.44. The maximum atomic E-state index is 12.4. The first kappa shape index (κ1) is 23.1. The lowest BCUT2D eigenvalue weighted by atomic mass is 10.1. The number of aliphatic hydroxyl groups excluding tert-OH is 3. The molecule has 3 heterocycles. The Bertz CT molecular complexity index is 1250. The molecule has 1 aliphatic heterocycles. The first-order valence-electron chi connectivity index (χ1n) is 9.95. The summed E-state index contributed by atoms with van der Waals surface area (Å²) in [4.78, 5) is 23.0. The van der Waals surface area contributed by atoms with Crippen LogP contribution in [0.25, 0.3) is 11.2 Å². The third-order valence-electron chi connectivity index (χ3n) is 4.98. The Morgan fingerprint density at radius 2 is 2.18 bits per heavy atom. The largest absolute Gasteiger partial charge is 0.493 e. The van der Waals surface area contributed by atoms with Crippen molar-refractivity contribution in [3.8, 4) is 5.75 Å². The number of aromatic nitrogens is 4. The average molecular weight is 524 g/mol. The van der Waals surface area contributed by atoms with Gasteiger partial charge in [-0.05, 0) is 25.1 Å². The van der Waals surface area contributed by atoms with Gasteiger partial charge < -0.3 is 30.5 Å². The van der Waals surface area contributed by atoms with E-state index in [9.17, 15) is 20.1 Å². The van der Waals surface area contributed by atoms with Gasteiger partial charge in [-0.15, -0.1) is 0 Å². The Labute approximate surface area is 195 Å². The number of nitrogens with one attached hydrogen (secondary N) is 2. The number of anilines is 2. The normalized spacial score (nSPS) is 22.9. The van der Waals surface area contributed by atoms with Gasteiger partial charge in [-0.3, -0.25) is 14.3 Å². The smallest absolute Gasteiger partial charge is 0.280 e. The minimum atomic E-state index is -1.44. The van der Waals surface area contributed by atoms with Gasteiger partial charge in [0.05, 0.1) is 19.4 Å². The van der Waals surface area contributed by atoms with Gasteiger partial charge in [0.2, 0.25) is 11.9 Å². The minimum absolute atomic E-state index is 0.00116. The quantitative estimate of drug-likeness (QED) is 0.180. The van der Waals surface area contributed by atoms with Crippen molar-refractivity contribution in [1.82, 2.24) is 19.5 Å². The molecule has 2 aromatic heterocycles. The lowest BCUT2D eigenvalue weighted by Gasteiger charge is -2.18. The van der Waals surface area contributed by atoms with E-state index >= 15 is 0 Å². The van der Waals surface area contributed by atoms with Crippen LogP contribution < -0.4 is 21.5 Å². The summed E-state index contributed by atoms with van der Waals surface area (Å²) in [7, 11) is 0. The molecule has 0 aliphatic carbocycles. The number of nitrogens with two attached hydrogens (primary N) is 1. The molecule has 4 unspecified atom stereocenters. The zero-order chi connectivity index (χ0) is 23.7. The van der Waals surface area contributed by atoms with Gasteiger partial charge in [0, 0.05) is 10.0 Å². The molecule has 1 fully saturated rings. The number of hydrogen-bond donors (Lipinski definition) is 6. The molecule has 1 aromatic carbocycles. The first-order chi connectivity index (χ1) is 15.8. The van der Waals surface area contributed by atoms with Gasteiger partial charge in [0.1, 0.15) is 24.1 Å². The van der Waals surface area contributed by atoms with Crippen LogP contribution >= 0.6 is 15.9 Å². The summed E-state index contributed by atoms with van der Waals surface area (Å²) >= 11 is 3.40. The second-order valence-corrected chi connectivity index (χ2v) is 8.06. The lowest BCUT2D eigenvalue weighted by molar-refractivity contribution is -0.0501. The Balaban J connectivity index is 1.75. The number of aromatic amines is 1. The number of halogens is 1. The average Bonchev–Trinajstić information content (AvgIpc) is 3.27. The van der Waals surface area contributed by atoms with Gasteiger partial charge in [-0.1, -0.05) is 15.9 Å². The molecule has 0 saturated carbocycles. The monoisotopic (exact) mass is 523 g/mol. The number of fused-ring (bicyclic) bond motifs is 1. The van der Waals surface area contributed by atoms with Crippen LogP contribution in [0.4, 0.5) is 11.9 Å². The van der Waals surface area contributed by atoms with Crippen LogP contribution in [0.15, 0.2) is 32.6 Å². The number of rotatable bonds is 7. The molecular weight excluding hydrogens is 502 g/mol. The molecule has 4 atom stereocenters. The summed E-state index contributed by atoms with van der Waals surface area (Å²) in [5, 5.41) is 34.3. The fraction of sp³-hybridized carbons (Fsp3) is 0.368. The maximum Gasteiger partial charge on any atom is 0.280 e. The van der Waals surface area contributed by atoms with Crippen LogP contribution in [0.3, 0.4) is 0 Å². The molecule has 3 aromatic rings. The number of aliphatic hydroxyl groups is 3. The molecule has 13 nitrogen and oxygen atoms in total. The minimum Gasteiger partial charge on any atom is -0.493 e. The number of hydrazone groups is 1. The number of nitrogens with zero attached hydrogens (tertiary/aromatic N) is 4. The van der Waals surface area contributed by atoms with Crippen molar-refractivity contribution in [3.63, 3.8) is 0 Å². The third-order valence-corrected chi connectivity index (χ3v) is 5.47. The Kier molecular flexibility index (Phi) is 6.62. The molecule has 0 spiro atoms. The molecular formula is C19H22BrN7O6. The van der Waals surface area contributed by atoms with Crippen LogP contribution in [-0.2, 0) is 4.74 Å². The van der Waals surface area contributed by atoms with Crippen molar-refractivity contribution in [3.05, 3.63) is 38.6 Å². The maximum absolute atomic E-state index is 12.4. The van der Waals surface area contributed by atoms with E-state index in [-0.39, 0.29) is 23.1 Å². The number of H-pyrrole nitrogens is 1. The predicted molar refractivity (Wildman–Crippen MR) is 122 cm³/mol. The van der Waals surface area contributed by atoms with E-state index in [0.717, 1.165) is 4.47 Å². The highest BCUT2D eigenvalue weighted by molar-refractivity contribution is 9.10. The van der Waals surface area contributed by atoms with Crippen molar-refractivity contribution in [2.75, 3.05) is 24.4 Å². The van der Waals surface area contributed by atoms with Gasteiger partial charge in [0.25, 0.3) is 5.56 Å². The van der Waals surface area contributed by atoms with Gasteiger partial charge in [-0.2, -0.15) is 10.1 Å². The zero-order valence-electron chi connectivity index (χ0n) is 17.3. The Morgan fingerprint density at radius 1 is 1.39 bits per heavy atom. The van der Waals surface area contributed by atoms with Crippen molar-refractivity contribution in [2.45, 2.75) is 31.5 Å². The van der Waals surface area contributed by atoms with Gasteiger partial charge in [0.15, 0.2) is 17.4 Å². The number of nitrogen functional groups attached to an aromatic ring is 1. The summed E-state index contributed by atoms with van der Waals surface area (Å²) in [5.41, 5.74) is 8.36. The van der Waals surface area contributed by atoms with E-state index in [1.807, 2.05) is 13.0 Å². The van der Waals surface area contributed by atoms with Crippen molar-refractivity contribution in [2.24, 2.45) is 5.10 Å². The molecule has 1 aliphatic rings. The van der Waals surface area contributed by atoms with E-state index in [1.165, 1.54) is 10.8 Å². The van der Waals surface area contributed by atoms with E-state index in [2.05, 4.69) is 41.4 Å². The fourth-order valence-corrected chi connectivity index (χ4v) is 3.86. The van der Waals surface area contributed by atoms with E-state index in [0.29, 0.717) is 17.9 Å². The first-order valence-corrected chi connectivity index (χ1v) is 10.7. The lowest BCUT2D eigenvalue weighted by Crippen LogP contribution is -2.33. The van der Waals surface area contributed by atoms with Crippen molar-refractivity contribution in [1.29, 1.82) is 0 Å². The van der Waals surface area contributed by atoms with Crippen LogP contribution in [0, 0.1) is 0 Å². The number of benzene rings is 1. The molecule has 33 heavy (non-hydrogen) atoms. The van der Waals surface area contributed by atoms with Gasteiger partial charge in [-0.25, -0.2) is 10.4 Å². The van der Waals surface area contributed by atoms with Crippen molar-refractivity contribution >= 4 is 45.2 Å². The topological polar surface area (TPSA) is 193 Å². The van der Waals surface area contributed by atoms with E-state index in [1.54, 1.807) is 12.1 Å². The molecule has 0 amide bonds. The molecule has 14 heteroatoms. The predicted octanol–water partition coefficient (Wildman–Crippen LogP) is -0.0795. The van der Waals surface area contributed by atoms with Crippen LogP contribution in [0.2, 0.25) is 0 Å². The Morgan fingerprint density at radius 3 is 2.88 bits per heavy atom. The van der Waals surface area contributed by atoms with Crippen LogP contribution in [-0.4, -0.2) is 72.6 Å². The molecule has 4 rings (SSSR count). The number of imidazole rings is 1. The fourth-order valence-electron chi connectivity index (χ4n) is 3.48. The second-order valence-electron chi connectivity index (χ2n) is 7.14. The standard InChI is InChI=1S/C19H22BrN7O6/c1-2-32-10-4-3-9(20)5-8(10)6-22-26-19-23-12-15(24-18(21)25-16(12)31)27(19)17-14(30)13(29)11(7-28)33-17/h3-6,11,13-14,17,28-30H,2,7H2,1H3,(H,23,26)(H3,21,24,25,31)/b22-6+.